The molecule has 2 rings (SSSR count). The summed E-state index contributed by atoms with van der Waals surface area (Å²) in [5, 5.41) is 0.732. The van der Waals surface area contributed by atoms with E-state index in [1.807, 2.05) is 18.2 Å². The minimum atomic E-state index is 0.624. The van der Waals surface area contributed by atoms with Crippen LogP contribution in [0.5, 0.6) is 0 Å². The van der Waals surface area contributed by atoms with Gasteiger partial charge in [-0.15, -0.1) is 0 Å². The van der Waals surface area contributed by atoms with E-state index in [-0.39, 0.29) is 0 Å². The zero-order valence-electron chi connectivity index (χ0n) is 11.0. The summed E-state index contributed by atoms with van der Waals surface area (Å²) < 4.78 is 2.28. The van der Waals surface area contributed by atoms with Gasteiger partial charge in [0, 0.05) is 18.0 Å². The zero-order chi connectivity index (χ0) is 13.1. The second kappa shape index (κ2) is 5.72. The van der Waals surface area contributed by atoms with Crippen LogP contribution in [0.1, 0.15) is 26.1 Å². The third-order valence-electron chi connectivity index (χ3n) is 3.09. The van der Waals surface area contributed by atoms with Crippen LogP contribution in [-0.4, -0.2) is 16.1 Å². The summed E-state index contributed by atoms with van der Waals surface area (Å²) >= 11 is 6.01. The van der Waals surface area contributed by atoms with Gasteiger partial charge in [0.2, 0.25) is 0 Å². The van der Waals surface area contributed by atoms with Crippen molar-refractivity contribution in [2.24, 2.45) is 11.7 Å². The molecule has 18 heavy (non-hydrogen) atoms. The number of aryl methyl sites for hydroxylation is 1. The molecule has 0 aliphatic rings. The molecule has 98 valence electrons. The van der Waals surface area contributed by atoms with Gasteiger partial charge in [0.1, 0.15) is 5.82 Å². The first-order valence-corrected chi connectivity index (χ1v) is 6.84. The molecular formula is C14H20ClN3. The highest BCUT2D eigenvalue weighted by Crippen LogP contribution is 2.21. The second-order valence-corrected chi connectivity index (χ2v) is 5.47. The van der Waals surface area contributed by atoms with Crippen molar-refractivity contribution in [2.75, 3.05) is 6.54 Å². The summed E-state index contributed by atoms with van der Waals surface area (Å²) in [5.41, 5.74) is 7.78. The number of aromatic nitrogens is 2. The van der Waals surface area contributed by atoms with E-state index in [9.17, 15) is 0 Å². The van der Waals surface area contributed by atoms with Crippen molar-refractivity contribution in [1.29, 1.82) is 0 Å². The molecule has 0 amide bonds. The Labute approximate surface area is 113 Å². The number of hydrogen-bond donors (Lipinski definition) is 1. The molecule has 0 radical (unpaired) electrons. The molecule has 0 fully saturated rings. The molecule has 0 saturated heterocycles. The number of nitrogens with zero attached hydrogens (tertiary/aromatic N) is 2. The minimum Gasteiger partial charge on any atom is -0.330 e. The van der Waals surface area contributed by atoms with Gasteiger partial charge in [-0.1, -0.05) is 25.4 Å². The molecule has 0 bridgehead atoms. The Balaban J connectivity index is 2.41. The largest absolute Gasteiger partial charge is 0.330 e. The molecule has 2 N–H and O–H groups in total. The number of fused-ring (bicyclic) bond motifs is 1. The normalized spacial score (nSPS) is 11.6. The van der Waals surface area contributed by atoms with E-state index in [0.717, 1.165) is 41.3 Å². The summed E-state index contributed by atoms with van der Waals surface area (Å²) in [6.07, 6.45) is 1.95. The highest BCUT2D eigenvalue weighted by atomic mass is 35.5. The van der Waals surface area contributed by atoms with Gasteiger partial charge < -0.3 is 10.3 Å². The van der Waals surface area contributed by atoms with E-state index in [2.05, 4.69) is 23.4 Å². The van der Waals surface area contributed by atoms with Crippen LogP contribution in [0.15, 0.2) is 18.2 Å². The van der Waals surface area contributed by atoms with Crippen molar-refractivity contribution in [2.45, 2.75) is 33.2 Å². The Morgan fingerprint density at radius 1 is 1.39 bits per heavy atom. The van der Waals surface area contributed by atoms with Gasteiger partial charge >= 0.3 is 0 Å². The van der Waals surface area contributed by atoms with Crippen molar-refractivity contribution in [3.63, 3.8) is 0 Å². The standard InChI is InChI=1S/C14H20ClN3/c1-10(2)6-8-18-13-4-3-11(15)9-12(13)17-14(18)5-7-16/h3-4,9-10H,5-8,16H2,1-2H3. The fourth-order valence-electron chi connectivity index (χ4n) is 2.11. The van der Waals surface area contributed by atoms with Crippen LogP contribution in [0.4, 0.5) is 0 Å². The summed E-state index contributed by atoms with van der Waals surface area (Å²) in [4.78, 5) is 4.64. The van der Waals surface area contributed by atoms with E-state index >= 15 is 0 Å². The van der Waals surface area contributed by atoms with Crippen molar-refractivity contribution in [3.05, 3.63) is 29.0 Å². The molecule has 0 spiro atoms. The maximum Gasteiger partial charge on any atom is 0.111 e. The fourth-order valence-corrected chi connectivity index (χ4v) is 2.28. The number of halogens is 1. The summed E-state index contributed by atoms with van der Waals surface area (Å²) in [6, 6.07) is 5.89. The SMILES string of the molecule is CC(C)CCn1c(CCN)nc2cc(Cl)ccc21. The molecule has 4 heteroatoms. The number of nitrogens with two attached hydrogens (primary N) is 1. The lowest BCUT2D eigenvalue weighted by Gasteiger charge is -2.10. The Kier molecular flexibility index (Phi) is 4.25. The first-order valence-electron chi connectivity index (χ1n) is 6.46. The maximum atomic E-state index is 6.01. The second-order valence-electron chi connectivity index (χ2n) is 5.03. The van der Waals surface area contributed by atoms with E-state index in [4.69, 9.17) is 17.3 Å². The molecule has 1 heterocycles. The third-order valence-corrected chi connectivity index (χ3v) is 3.32. The van der Waals surface area contributed by atoms with Crippen molar-refractivity contribution in [3.8, 4) is 0 Å². The van der Waals surface area contributed by atoms with Crippen LogP contribution >= 0.6 is 11.6 Å². The molecule has 3 nitrogen and oxygen atoms in total. The average Bonchev–Trinajstić information content (AvgIpc) is 2.63. The molecule has 1 aromatic carbocycles. The van der Waals surface area contributed by atoms with Gasteiger partial charge in [0.25, 0.3) is 0 Å². The van der Waals surface area contributed by atoms with Gasteiger partial charge in [-0.3, -0.25) is 0 Å². The predicted octanol–water partition coefficient (Wildman–Crippen LogP) is 3.24. The quantitative estimate of drug-likeness (QED) is 0.902. The topological polar surface area (TPSA) is 43.8 Å². The van der Waals surface area contributed by atoms with E-state index in [0.29, 0.717) is 12.5 Å². The third kappa shape index (κ3) is 2.85. The smallest absolute Gasteiger partial charge is 0.111 e. The molecule has 0 unspecified atom stereocenters. The molecule has 0 saturated carbocycles. The van der Waals surface area contributed by atoms with Crippen LogP contribution in [-0.2, 0) is 13.0 Å². The van der Waals surface area contributed by atoms with Crippen molar-refractivity contribution in [1.82, 2.24) is 9.55 Å². The van der Waals surface area contributed by atoms with Gasteiger partial charge in [-0.05, 0) is 37.1 Å². The Bertz CT molecular complexity index is 531. The van der Waals surface area contributed by atoms with Crippen molar-refractivity contribution >= 4 is 22.6 Å². The summed E-state index contributed by atoms with van der Waals surface area (Å²) in [7, 11) is 0. The van der Waals surface area contributed by atoms with Crippen LogP contribution in [0.25, 0.3) is 11.0 Å². The van der Waals surface area contributed by atoms with E-state index < -0.39 is 0 Å². The number of rotatable bonds is 5. The van der Waals surface area contributed by atoms with Crippen LogP contribution < -0.4 is 5.73 Å². The lowest BCUT2D eigenvalue weighted by atomic mass is 10.1. The Morgan fingerprint density at radius 3 is 2.83 bits per heavy atom. The zero-order valence-corrected chi connectivity index (χ0v) is 11.7. The molecule has 0 aliphatic carbocycles. The lowest BCUT2D eigenvalue weighted by Crippen LogP contribution is -2.11. The minimum absolute atomic E-state index is 0.624. The van der Waals surface area contributed by atoms with Gasteiger partial charge in [-0.25, -0.2) is 4.98 Å². The molecule has 2 aromatic rings. The Hall–Kier alpha value is -1.06. The van der Waals surface area contributed by atoms with E-state index in [1.165, 1.54) is 0 Å². The molecule has 0 aliphatic heterocycles. The first kappa shape index (κ1) is 13.4. The van der Waals surface area contributed by atoms with Gasteiger partial charge in [0.05, 0.1) is 11.0 Å². The fraction of sp³-hybridized carbons (Fsp3) is 0.500. The number of benzene rings is 1. The van der Waals surface area contributed by atoms with E-state index in [1.54, 1.807) is 0 Å². The predicted molar refractivity (Wildman–Crippen MR) is 77.0 cm³/mol. The molecular weight excluding hydrogens is 246 g/mol. The maximum absolute atomic E-state index is 6.01. The van der Waals surface area contributed by atoms with Crippen LogP contribution in [0.3, 0.4) is 0 Å². The van der Waals surface area contributed by atoms with Gasteiger partial charge in [-0.2, -0.15) is 0 Å². The first-order chi connectivity index (χ1) is 8.61. The highest BCUT2D eigenvalue weighted by molar-refractivity contribution is 6.31. The summed E-state index contributed by atoms with van der Waals surface area (Å²) in [5.74, 6) is 1.75. The number of hydrogen-bond acceptors (Lipinski definition) is 2. The average molecular weight is 266 g/mol. The van der Waals surface area contributed by atoms with Crippen molar-refractivity contribution < 1.29 is 0 Å². The molecule has 1 aromatic heterocycles. The van der Waals surface area contributed by atoms with Gasteiger partial charge in [0.15, 0.2) is 0 Å². The van der Waals surface area contributed by atoms with Crippen LogP contribution in [0, 0.1) is 5.92 Å². The highest BCUT2D eigenvalue weighted by Gasteiger charge is 2.10. The van der Waals surface area contributed by atoms with Crippen LogP contribution in [0.2, 0.25) is 5.02 Å². The summed E-state index contributed by atoms with van der Waals surface area (Å²) in [6.45, 7) is 6.08. The lowest BCUT2D eigenvalue weighted by molar-refractivity contribution is 0.512. The molecule has 0 atom stereocenters. The Morgan fingerprint density at radius 2 is 2.17 bits per heavy atom. The monoisotopic (exact) mass is 265 g/mol. The number of imidazole rings is 1.